The van der Waals surface area contributed by atoms with Crippen LogP contribution < -0.4 is 5.32 Å². The normalized spacial score (nSPS) is 10.6. The first-order valence-corrected chi connectivity index (χ1v) is 6.53. The number of carbonyl (C=O) groups is 1. The fraction of sp³-hybridized carbons (Fsp3) is 0.100. The molecule has 0 saturated carbocycles. The van der Waals surface area contributed by atoms with Crippen LogP contribution in [0.5, 0.6) is 0 Å². The number of rotatable bonds is 4. The number of anilines is 1. The molecule has 1 heterocycles. The molecule has 0 atom stereocenters. The van der Waals surface area contributed by atoms with Gasteiger partial charge < -0.3 is 0 Å². The number of hydrogen-bond donors (Lipinski definition) is 1. The van der Waals surface area contributed by atoms with Crippen LogP contribution in [-0.4, -0.2) is 21.9 Å². The minimum Gasteiger partial charge on any atom is -0.296 e. The van der Waals surface area contributed by atoms with Crippen LogP contribution in [0.25, 0.3) is 0 Å². The average molecular weight is 287 g/mol. The predicted octanol–water partition coefficient (Wildman–Crippen LogP) is 3.11. The van der Waals surface area contributed by atoms with Crippen molar-refractivity contribution in [2.24, 2.45) is 0 Å². The van der Waals surface area contributed by atoms with Crippen molar-refractivity contribution in [2.75, 3.05) is 5.32 Å². The molecule has 1 aromatic carbocycles. The van der Waals surface area contributed by atoms with Crippen molar-refractivity contribution in [1.29, 1.82) is 0 Å². The second-order valence-corrected chi connectivity index (χ2v) is 5.00. The highest BCUT2D eigenvalue weighted by Gasteiger charge is 2.09. The number of carbonyl (C=O) groups excluding carboxylic acids is 1. The number of aromatic nitrogens is 2. The first-order valence-electron chi connectivity index (χ1n) is 4.77. The Labute approximate surface area is 109 Å². The Bertz CT molecular complexity index is 516. The second kappa shape index (κ2) is 5.87. The van der Waals surface area contributed by atoms with Gasteiger partial charge in [-0.2, -0.15) is 8.78 Å². The van der Waals surface area contributed by atoms with E-state index in [1.165, 1.54) is 41.1 Å². The zero-order chi connectivity index (χ0) is 13.0. The summed E-state index contributed by atoms with van der Waals surface area (Å²) in [5.41, 5.74) is 1.88. The Kier molecular flexibility index (Phi) is 4.21. The fourth-order valence-corrected chi connectivity index (χ4v) is 2.12. The molecule has 0 unspecified atom stereocenters. The molecule has 8 heteroatoms. The standard InChI is InChI=1S/C10H7F2N3OS2/c11-9(12)18-7-3-1-6(2-4-7)8(16)14-10-15-13-5-17-10/h1-5,9H,(H,14,15,16). The first-order chi connectivity index (χ1) is 8.65. The van der Waals surface area contributed by atoms with E-state index in [9.17, 15) is 13.6 Å². The van der Waals surface area contributed by atoms with Gasteiger partial charge in [0.25, 0.3) is 11.7 Å². The lowest BCUT2D eigenvalue weighted by atomic mass is 10.2. The van der Waals surface area contributed by atoms with E-state index in [2.05, 4.69) is 15.5 Å². The van der Waals surface area contributed by atoms with Crippen molar-refractivity contribution in [2.45, 2.75) is 10.7 Å². The van der Waals surface area contributed by atoms with Crippen molar-refractivity contribution in [3.05, 3.63) is 35.3 Å². The summed E-state index contributed by atoms with van der Waals surface area (Å²) in [5.74, 6) is -2.81. The maximum atomic E-state index is 12.1. The van der Waals surface area contributed by atoms with E-state index in [-0.39, 0.29) is 5.91 Å². The van der Waals surface area contributed by atoms with Crippen molar-refractivity contribution < 1.29 is 13.6 Å². The Hall–Kier alpha value is -1.54. The Morgan fingerprint density at radius 2 is 2.06 bits per heavy atom. The minimum absolute atomic E-state index is 0.347. The van der Waals surface area contributed by atoms with Crippen LogP contribution >= 0.6 is 23.1 Å². The summed E-state index contributed by atoms with van der Waals surface area (Å²) in [4.78, 5) is 12.1. The van der Waals surface area contributed by atoms with Crippen LogP contribution in [0.2, 0.25) is 0 Å². The molecule has 1 N–H and O–H groups in total. The molecular weight excluding hydrogens is 280 g/mol. The number of alkyl halides is 2. The molecule has 1 aromatic heterocycles. The van der Waals surface area contributed by atoms with Gasteiger partial charge in [0.1, 0.15) is 5.51 Å². The summed E-state index contributed by atoms with van der Waals surface area (Å²) in [7, 11) is 0. The summed E-state index contributed by atoms with van der Waals surface area (Å²) in [5, 5.41) is 10.2. The van der Waals surface area contributed by atoms with E-state index < -0.39 is 5.76 Å². The number of benzene rings is 1. The fourth-order valence-electron chi connectivity index (χ4n) is 1.18. The number of thioether (sulfide) groups is 1. The average Bonchev–Trinajstić information content (AvgIpc) is 2.82. The Balaban J connectivity index is 2.03. The van der Waals surface area contributed by atoms with E-state index in [4.69, 9.17) is 0 Å². The van der Waals surface area contributed by atoms with E-state index in [0.29, 0.717) is 27.4 Å². The van der Waals surface area contributed by atoms with Crippen molar-refractivity contribution in [1.82, 2.24) is 10.2 Å². The van der Waals surface area contributed by atoms with Gasteiger partial charge in [-0.05, 0) is 24.3 Å². The summed E-state index contributed by atoms with van der Waals surface area (Å²) in [6.45, 7) is 0. The molecular formula is C10H7F2N3OS2. The molecule has 0 aliphatic rings. The molecule has 18 heavy (non-hydrogen) atoms. The molecule has 0 bridgehead atoms. The molecule has 0 fully saturated rings. The molecule has 2 aromatic rings. The monoisotopic (exact) mass is 287 g/mol. The highest BCUT2D eigenvalue weighted by atomic mass is 32.2. The zero-order valence-electron chi connectivity index (χ0n) is 8.84. The summed E-state index contributed by atoms with van der Waals surface area (Å²) in [6.07, 6.45) is 0. The quantitative estimate of drug-likeness (QED) is 0.878. The van der Waals surface area contributed by atoms with Crippen LogP contribution in [0.4, 0.5) is 13.9 Å². The van der Waals surface area contributed by atoms with Crippen molar-refractivity contribution in [3.8, 4) is 0 Å². The molecule has 0 radical (unpaired) electrons. The van der Waals surface area contributed by atoms with E-state index in [1.54, 1.807) is 0 Å². The van der Waals surface area contributed by atoms with Crippen LogP contribution in [0.1, 0.15) is 10.4 Å². The molecule has 0 aliphatic heterocycles. The Morgan fingerprint density at radius 3 is 2.61 bits per heavy atom. The first kappa shape index (κ1) is 12.9. The van der Waals surface area contributed by atoms with Gasteiger partial charge in [0.05, 0.1) is 0 Å². The predicted molar refractivity (Wildman–Crippen MR) is 66.2 cm³/mol. The van der Waals surface area contributed by atoms with Crippen molar-refractivity contribution in [3.63, 3.8) is 0 Å². The largest absolute Gasteiger partial charge is 0.296 e. The Morgan fingerprint density at radius 1 is 1.33 bits per heavy atom. The van der Waals surface area contributed by atoms with Gasteiger partial charge >= 0.3 is 0 Å². The second-order valence-electron chi connectivity index (χ2n) is 3.10. The van der Waals surface area contributed by atoms with Crippen LogP contribution in [0.15, 0.2) is 34.7 Å². The van der Waals surface area contributed by atoms with Gasteiger partial charge in [-0.25, -0.2) is 0 Å². The molecule has 4 nitrogen and oxygen atoms in total. The van der Waals surface area contributed by atoms with E-state index in [0.717, 1.165) is 0 Å². The highest BCUT2D eigenvalue weighted by molar-refractivity contribution is 7.99. The van der Waals surface area contributed by atoms with Crippen LogP contribution in [0, 0.1) is 0 Å². The van der Waals surface area contributed by atoms with Gasteiger partial charge in [0.2, 0.25) is 5.13 Å². The highest BCUT2D eigenvalue weighted by Crippen LogP contribution is 2.25. The zero-order valence-corrected chi connectivity index (χ0v) is 10.5. The smallest absolute Gasteiger partial charge is 0.288 e. The summed E-state index contributed by atoms with van der Waals surface area (Å²) in [6, 6.07) is 5.93. The number of nitrogens with one attached hydrogen (secondary N) is 1. The lowest BCUT2D eigenvalue weighted by molar-refractivity contribution is 0.102. The third kappa shape index (κ3) is 3.47. The number of halogens is 2. The number of amides is 1. The van der Waals surface area contributed by atoms with Crippen LogP contribution in [-0.2, 0) is 0 Å². The van der Waals surface area contributed by atoms with Gasteiger partial charge in [0.15, 0.2) is 0 Å². The van der Waals surface area contributed by atoms with Gasteiger partial charge in [0, 0.05) is 10.5 Å². The lowest BCUT2D eigenvalue weighted by Gasteiger charge is -2.03. The van der Waals surface area contributed by atoms with Gasteiger partial charge in [-0.15, -0.1) is 10.2 Å². The molecule has 94 valence electrons. The third-order valence-corrected chi connectivity index (χ3v) is 3.25. The van der Waals surface area contributed by atoms with Gasteiger partial charge in [-0.3, -0.25) is 10.1 Å². The van der Waals surface area contributed by atoms with Gasteiger partial charge in [-0.1, -0.05) is 23.1 Å². The molecule has 0 spiro atoms. The molecule has 0 saturated heterocycles. The molecule has 0 aliphatic carbocycles. The minimum atomic E-state index is -2.47. The summed E-state index contributed by atoms with van der Waals surface area (Å²) >= 11 is 1.64. The molecule has 2 rings (SSSR count). The number of hydrogen-bond acceptors (Lipinski definition) is 5. The summed E-state index contributed by atoms with van der Waals surface area (Å²) < 4.78 is 24.2. The third-order valence-electron chi connectivity index (χ3n) is 1.92. The van der Waals surface area contributed by atoms with E-state index >= 15 is 0 Å². The molecule has 1 amide bonds. The maximum Gasteiger partial charge on any atom is 0.288 e. The lowest BCUT2D eigenvalue weighted by Crippen LogP contribution is -2.11. The van der Waals surface area contributed by atoms with Crippen LogP contribution in [0.3, 0.4) is 0 Å². The topological polar surface area (TPSA) is 54.9 Å². The van der Waals surface area contributed by atoms with E-state index in [1.807, 2.05) is 0 Å². The van der Waals surface area contributed by atoms with Crippen molar-refractivity contribution >= 4 is 34.1 Å². The maximum absolute atomic E-state index is 12.1. The number of nitrogens with zero attached hydrogens (tertiary/aromatic N) is 2. The SMILES string of the molecule is O=C(Nc1nncs1)c1ccc(SC(F)F)cc1.